The minimum absolute atomic E-state index is 0.143. The number of benzene rings is 1. The lowest BCUT2D eigenvalue weighted by Gasteiger charge is -2.22. The Kier molecular flexibility index (Phi) is 5.48. The number of imidazole rings is 1. The van der Waals surface area contributed by atoms with Gasteiger partial charge in [-0.1, -0.05) is 44.2 Å². The summed E-state index contributed by atoms with van der Waals surface area (Å²) in [6.07, 6.45) is 1.48. The van der Waals surface area contributed by atoms with Crippen LogP contribution in [0, 0.1) is 5.92 Å². The number of hydrogen-bond acceptors (Lipinski definition) is 4. The van der Waals surface area contributed by atoms with Gasteiger partial charge in [0.1, 0.15) is 6.54 Å². The van der Waals surface area contributed by atoms with E-state index in [4.69, 9.17) is 0 Å². The zero-order valence-electron chi connectivity index (χ0n) is 16.5. The fourth-order valence-electron chi connectivity index (χ4n) is 3.40. The molecule has 1 aromatic carbocycles. The van der Waals surface area contributed by atoms with E-state index in [1.54, 1.807) is 11.6 Å². The van der Waals surface area contributed by atoms with E-state index in [0.29, 0.717) is 23.6 Å². The Balaban J connectivity index is 1.81. The molecular weight excluding hydrogens is 358 g/mol. The van der Waals surface area contributed by atoms with E-state index in [1.165, 1.54) is 17.9 Å². The van der Waals surface area contributed by atoms with Gasteiger partial charge in [-0.2, -0.15) is 0 Å². The number of carbonyl (C=O) groups excluding carboxylic acids is 1. The summed E-state index contributed by atoms with van der Waals surface area (Å²) in [6.45, 7) is 4.30. The average Bonchev–Trinajstić information content (AvgIpc) is 3.06. The van der Waals surface area contributed by atoms with Gasteiger partial charge in [-0.05, 0) is 11.5 Å². The monoisotopic (exact) mass is 383 g/mol. The molecule has 0 saturated carbocycles. The fourth-order valence-corrected chi connectivity index (χ4v) is 3.40. The number of nitrogens with zero attached hydrogens (tertiary/aromatic N) is 4. The summed E-state index contributed by atoms with van der Waals surface area (Å²) in [6, 6.07) is 9.97. The van der Waals surface area contributed by atoms with Crippen LogP contribution in [0.25, 0.3) is 11.2 Å². The number of nitrogens with one attached hydrogen (secondary N) is 1. The summed E-state index contributed by atoms with van der Waals surface area (Å²) in [5, 5.41) is 2.87. The highest BCUT2D eigenvalue weighted by Crippen LogP contribution is 2.23. The number of hydrogen-bond donors (Lipinski definition) is 1. The molecule has 0 radical (unpaired) electrons. The highest BCUT2D eigenvalue weighted by atomic mass is 16.2. The molecule has 0 aliphatic rings. The molecule has 0 aliphatic carbocycles. The van der Waals surface area contributed by atoms with Gasteiger partial charge in [-0.3, -0.25) is 14.2 Å². The van der Waals surface area contributed by atoms with E-state index in [2.05, 4.69) is 24.1 Å². The van der Waals surface area contributed by atoms with Gasteiger partial charge in [-0.25, -0.2) is 14.3 Å². The summed E-state index contributed by atoms with van der Waals surface area (Å²) in [7, 11) is 3.22. The zero-order chi connectivity index (χ0) is 20.4. The predicted octanol–water partition coefficient (Wildman–Crippen LogP) is 0.990. The van der Waals surface area contributed by atoms with E-state index in [-0.39, 0.29) is 18.4 Å². The van der Waals surface area contributed by atoms with Crippen molar-refractivity contribution in [3.63, 3.8) is 0 Å². The number of carbonyl (C=O) groups is 1. The Labute approximate surface area is 162 Å². The normalized spacial score (nSPS) is 12.5. The predicted molar refractivity (Wildman–Crippen MR) is 107 cm³/mol. The lowest BCUT2D eigenvalue weighted by atomic mass is 9.88. The summed E-state index contributed by atoms with van der Waals surface area (Å²) >= 11 is 0. The van der Waals surface area contributed by atoms with E-state index in [1.807, 2.05) is 30.3 Å². The molecule has 0 spiro atoms. The number of aryl methyl sites for hydroxylation is 2. The third-order valence-corrected chi connectivity index (χ3v) is 5.05. The molecule has 2 heterocycles. The molecule has 3 rings (SSSR count). The largest absolute Gasteiger partial charge is 0.354 e. The van der Waals surface area contributed by atoms with E-state index in [9.17, 15) is 14.4 Å². The Morgan fingerprint density at radius 1 is 1.14 bits per heavy atom. The second-order valence-corrected chi connectivity index (χ2v) is 7.33. The van der Waals surface area contributed by atoms with Crippen LogP contribution in [0.15, 0.2) is 46.2 Å². The Morgan fingerprint density at radius 2 is 1.82 bits per heavy atom. The van der Waals surface area contributed by atoms with Gasteiger partial charge in [0.15, 0.2) is 11.2 Å². The van der Waals surface area contributed by atoms with Gasteiger partial charge in [0.25, 0.3) is 5.56 Å². The van der Waals surface area contributed by atoms with Crippen LogP contribution in [0.5, 0.6) is 0 Å². The SMILES string of the molecule is CC(C)C(CNC(=O)Cn1c(=O)c2c(ncn2C)n(C)c1=O)c1ccccc1. The number of fused-ring (bicyclic) bond motifs is 1. The highest BCUT2D eigenvalue weighted by molar-refractivity contribution is 5.76. The van der Waals surface area contributed by atoms with E-state index < -0.39 is 11.2 Å². The van der Waals surface area contributed by atoms with Crippen molar-refractivity contribution in [3.05, 3.63) is 63.1 Å². The molecule has 0 saturated heterocycles. The quantitative estimate of drug-likeness (QED) is 0.687. The maximum Gasteiger partial charge on any atom is 0.332 e. The van der Waals surface area contributed by atoms with Crippen molar-refractivity contribution < 1.29 is 4.79 Å². The second-order valence-electron chi connectivity index (χ2n) is 7.33. The van der Waals surface area contributed by atoms with Crippen molar-refractivity contribution >= 4 is 17.1 Å². The van der Waals surface area contributed by atoms with Crippen molar-refractivity contribution in [2.45, 2.75) is 26.3 Å². The molecule has 3 aromatic rings. The Hall–Kier alpha value is -3.16. The minimum atomic E-state index is -0.560. The maximum atomic E-state index is 12.7. The molecule has 1 amide bonds. The number of rotatable bonds is 6. The molecule has 8 heteroatoms. The maximum absolute atomic E-state index is 12.7. The Morgan fingerprint density at radius 3 is 2.46 bits per heavy atom. The van der Waals surface area contributed by atoms with Crippen LogP contribution in [-0.2, 0) is 25.4 Å². The fraction of sp³-hybridized carbons (Fsp3) is 0.400. The number of aromatic nitrogens is 4. The van der Waals surface area contributed by atoms with Gasteiger partial charge < -0.3 is 9.88 Å². The molecule has 2 aromatic heterocycles. The van der Waals surface area contributed by atoms with Crippen LogP contribution in [0.4, 0.5) is 0 Å². The molecule has 0 fully saturated rings. The summed E-state index contributed by atoms with van der Waals surface area (Å²) < 4.78 is 3.78. The lowest BCUT2D eigenvalue weighted by molar-refractivity contribution is -0.121. The van der Waals surface area contributed by atoms with Crippen molar-refractivity contribution in [2.24, 2.45) is 20.0 Å². The van der Waals surface area contributed by atoms with E-state index in [0.717, 1.165) is 10.1 Å². The first-order valence-corrected chi connectivity index (χ1v) is 9.23. The molecule has 8 nitrogen and oxygen atoms in total. The van der Waals surface area contributed by atoms with Crippen molar-refractivity contribution in [1.29, 1.82) is 0 Å². The highest BCUT2D eigenvalue weighted by Gasteiger charge is 2.19. The van der Waals surface area contributed by atoms with Crippen LogP contribution in [0.1, 0.15) is 25.3 Å². The first kappa shape index (κ1) is 19.6. The van der Waals surface area contributed by atoms with Crippen LogP contribution in [-0.4, -0.2) is 31.1 Å². The zero-order valence-corrected chi connectivity index (χ0v) is 16.5. The topological polar surface area (TPSA) is 90.9 Å². The molecule has 1 unspecified atom stereocenters. The van der Waals surface area contributed by atoms with Crippen LogP contribution in [0.3, 0.4) is 0 Å². The summed E-state index contributed by atoms with van der Waals surface area (Å²) in [5.41, 5.74) is 0.658. The van der Waals surface area contributed by atoms with Gasteiger partial charge >= 0.3 is 5.69 Å². The summed E-state index contributed by atoms with van der Waals surface area (Å²) in [4.78, 5) is 41.8. The van der Waals surface area contributed by atoms with E-state index >= 15 is 0 Å². The minimum Gasteiger partial charge on any atom is -0.354 e. The standard InChI is InChI=1S/C20H25N5O3/c1-13(2)15(14-8-6-5-7-9-14)10-21-16(26)11-25-19(27)17-18(22-12-23(17)3)24(4)20(25)28/h5-9,12-13,15H,10-11H2,1-4H3,(H,21,26). The Bertz CT molecular complexity index is 1110. The van der Waals surface area contributed by atoms with Crippen LogP contribution in [0.2, 0.25) is 0 Å². The molecule has 0 aliphatic heterocycles. The smallest absolute Gasteiger partial charge is 0.332 e. The summed E-state index contributed by atoms with van der Waals surface area (Å²) in [5.74, 6) is 0.0932. The first-order valence-electron chi connectivity index (χ1n) is 9.23. The number of amides is 1. The molecule has 148 valence electrons. The molecule has 0 bridgehead atoms. The molecule has 1 N–H and O–H groups in total. The van der Waals surface area contributed by atoms with Crippen LogP contribution >= 0.6 is 0 Å². The lowest BCUT2D eigenvalue weighted by Crippen LogP contribution is -2.44. The van der Waals surface area contributed by atoms with Crippen LogP contribution < -0.4 is 16.6 Å². The van der Waals surface area contributed by atoms with Gasteiger partial charge in [0.2, 0.25) is 5.91 Å². The molecule has 1 atom stereocenters. The molecular formula is C20H25N5O3. The second kappa shape index (κ2) is 7.84. The molecule has 28 heavy (non-hydrogen) atoms. The van der Waals surface area contributed by atoms with Crippen molar-refractivity contribution in [2.75, 3.05) is 6.54 Å². The van der Waals surface area contributed by atoms with Gasteiger partial charge in [0, 0.05) is 26.6 Å². The van der Waals surface area contributed by atoms with Crippen molar-refractivity contribution in [1.82, 2.24) is 24.0 Å². The third kappa shape index (κ3) is 3.62. The third-order valence-electron chi connectivity index (χ3n) is 5.05. The van der Waals surface area contributed by atoms with Gasteiger partial charge in [-0.15, -0.1) is 0 Å². The van der Waals surface area contributed by atoms with Crippen molar-refractivity contribution in [3.8, 4) is 0 Å². The van der Waals surface area contributed by atoms with Gasteiger partial charge in [0.05, 0.1) is 6.33 Å². The first-order chi connectivity index (χ1) is 13.3. The average molecular weight is 383 g/mol.